The SMILES string of the molecule is CC(C)Oc1ccc(Nc2nc3ccc(CCC(=O)O)cc3[nH]2)cc1. The van der Waals surface area contributed by atoms with E-state index in [9.17, 15) is 4.79 Å². The van der Waals surface area contributed by atoms with Crippen molar-refractivity contribution >= 4 is 28.6 Å². The minimum atomic E-state index is -0.794. The van der Waals surface area contributed by atoms with Crippen LogP contribution in [0.4, 0.5) is 11.6 Å². The highest BCUT2D eigenvalue weighted by Gasteiger charge is 2.06. The Kier molecular flexibility index (Phi) is 4.88. The Morgan fingerprint density at radius 3 is 2.68 bits per heavy atom. The number of nitrogens with one attached hydrogen (secondary N) is 2. The van der Waals surface area contributed by atoms with Crippen LogP contribution < -0.4 is 10.1 Å². The Morgan fingerprint density at radius 2 is 2.00 bits per heavy atom. The summed E-state index contributed by atoms with van der Waals surface area (Å²) in [7, 11) is 0. The quantitative estimate of drug-likeness (QED) is 0.603. The molecular weight excluding hydrogens is 318 g/mol. The Balaban J connectivity index is 1.72. The van der Waals surface area contributed by atoms with E-state index in [1.54, 1.807) is 0 Å². The molecular formula is C19H21N3O3. The van der Waals surface area contributed by atoms with Crippen molar-refractivity contribution in [1.29, 1.82) is 0 Å². The Labute approximate surface area is 145 Å². The second kappa shape index (κ2) is 7.25. The van der Waals surface area contributed by atoms with E-state index in [0.29, 0.717) is 12.4 Å². The molecule has 6 heteroatoms. The first-order chi connectivity index (χ1) is 12.0. The molecule has 0 radical (unpaired) electrons. The van der Waals surface area contributed by atoms with Gasteiger partial charge in [-0.2, -0.15) is 0 Å². The van der Waals surface area contributed by atoms with Crippen LogP contribution >= 0.6 is 0 Å². The first-order valence-corrected chi connectivity index (χ1v) is 8.24. The standard InChI is InChI=1S/C19H21N3O3/c1-12(2)25-15-7-5-14(6-8-15)20-19-21-16-9-3-13(4-10-18(23)24)11-17(16)22-19/h3,5-9,11-12H,4,10H2,1-2H3,(H,23,24)(H2,20,21,22). The van der Waals surface area contributed by atoms with Gasteiger partial charge >= 0.3 is 5.97 Å². The zero-order valence-electron chi connectivity index (χ0n) is 14.2. The lowest BCUT2D eigenvalue weighted by Gasteiger charge is -2.10. The lowest BCUT2D eigenvalue weighted by molar-refractivity contribution is -0.136. The number of carboxylic acid groups (broad SMARTS) is 1. The fourth-order valence-corrected chi connectivity index (χ4v) is 2.55. The minimum absolute atomic E-state index is 0.121. The summed E-state index contributed by atoms with van der Waals surface area (Å²) in [6, 6.07) is 13.4. The van der Waals surface area contributed by atoms with Gasteiger partial charge in [0.1, 0.15) is 5.75 Å². The molecule has 0 aliphatic rings. The third-order valence-corrected chi connectivity index (χ3v) is 3.66. The number of H-pyrrole nitrogens is 1. The molecule has 0 atom stereocenters. The molecule has 6 nitrogen and oxygen atoms in total. The molecule has 1 aromatic heterocycles. The average Bonchev–Trinajstić information content (AvgIpc) is 2.95. The number of aromatic nitrogens is 2. The zero-order valence-corrected chi connectivity index (χ0v) is 14.2. The van der Waals surface area contributed by atoms with Crippen LogP contribution in [0.2, 0.25) is 0 Å². The van der Waals surface area contributed by atoms with E-state index in [-0.39, 0.29) is 12.5 Å². The molecule has 3 aromatic rings. The second-order valence-corrected chi connectivity index (χ2v) is 6.15. The summed E-state index contributed by atoms with van der Waals surface area (Å²) in [4.78, 5) is 18.4. The zero-order chi connectivity index (χ0) is 17.8. The fourth-order valence-electron chi connectivity index (χ4n) is 2.55. The van der Waals surface area contributed by atoms with Crippen LogP contribution in [-0.4, -0.2) is 27.1 Å². The molecule has 0 amide bonds. The molecule has 130 valence electrons. The van der Waals surface area contributed by atoms with Crippen molar-refractivity contribution in [2.24, 2.45) is 0 Å². The van der Waals surface area contributed by atoms with Crippen molar-refractivity contribution < 1.29 is 14.6 Å². The molecule has 0 saturated carbocycles. The summed E-state index contributed by atoms with van der Waals surface area (Å²) in [5.41, 5.74) is 3.59. The first-order valence-electron chi connectivity index (χ1n) is 8.24. The van der Waals surface area contributed by atoms with Gasteiger partial charge in [0.25, 0.3) is 0 Å². The van der Waals surface area contributed by atoms with Crippen molar-refractivity contribution in [3.05, 3.63) is 48.0 Å². The number of hydrogen-bond donors (Lipinski definition) is 3. The Morgan fingerprint density at radius 1 is 1.24 bits per heavy atom. The van der Waals surface area contributed by atoms with Gasteiger partial charge in [0.2, 0.25) is 5.95 Å². The van der Waals surface area contributed by atoms with Gasteiger partial charge in [0.15, 0.2) is 0 Å². The second-order valence-electron chi connectivity index (χ2n) is 6.15. The van der Waals surface area contributed by atoms with Gasteiger partial charge in [0, 0.05) is 12.1 Å². The number of rotatable bonds is 7. The number of benzene rings is 2. The van der Waals surface area contributed by atoms with E-state index in [1.807, 2.05) is 56.3 Å². The molecule has 0 fully saturated rings. The molecule has 0 aliphatic carbocycles. The maximum absolute atomic E-state index is 10.7. The van der Waals surface area contributed by atoms with Crippen LogP contribution in [0, 0.1) is 0 Å². The summed E-state index contributed by atoms with van der Waals surface area (Å²) in [5, 5.41) is 12.0. The van der Waals surface area contributed by atoms with Gasteiger partial charge in [-0.15, -0.1) is 0 Å². The van der Waals surface area contributed by atoms with Crippen molar-refractivity contribution in [3.8, 4) is 5.75 Å². The number of imidazole rings is 1. The van der Waals surface area contributed by atoms with Gasteiger partial charge < -0.3 is 20.1 Å². The van der Waals surface area contributed by atoms with Gasteiger partial charge in [-0.05, 0) is 62.2 Å². The first kappa shape index (κ1) is 16.8. The van der Waals surface area contributed by atoms with Crippen molar-refractivity contribution in [3.63, 3.8) is 0 Å². The van der Waals surface area contributed by atoms with Crippen LogP contribution in [0.3, 0.4) is 0 Å². The summed E-state index contributed by atoms with van der Waals surface area (Å²) in [6.45, 7) is 3.98. The van der Waals surface area contributed by atoms with Crippen LogP contribution in [0.1, 0.15) is 25.8 Å². The highest BCUT2D eigenvalue weighted by atomic mass is 16.5. The van der Waals surface area contributed by atoms with E-state index in [4.69, 9.17) is 9.84 Å². The third-order valence-electron chi connectivity index (χ3n) is 3.66. The average molecular weight is 339 g/mol. The molecule has 3 N–H and O–H groups in total. The molecule has 3 rings (SSSR count). The molecule has 0 unspecified atom stereocenters. The van der Waals surface area contributed by atoms with Gasteiger partial charge in [-0.1, -0.05) is 6.07 Å². The van der Waals surface area contributed by atoms with Crippen molar-refractivity contribution in [2.45, 2.75) is 32.8 Å². The Hall–Kier alpha value is -3.02. The highest BCUT2D eigenvalue weighted by molar-refractivity contribution is 5.79. The number of fused-ring (bicyclic) bond motifs is 1. The number of carbonyl (C=O) groups is 1. The molecule has 2 aromatic carbocycles. The number of ether oxygens (including phenoxy) is 1. The van der Waals surface area contributed by atoms with Crippen LogP contribution in [0.5, 0.6) is 5.75 Å². The molecule has 0 saturated heterocycles. The smallest absolute Gasteiger partial charge is 0.303 e. The normalized spacial score (nSPS) is 11.0. The highest BCUT2D eigenvalue weighted by Crippen LogP contribution is 2.22. The number of nitrogens with zero attached hydrogens (tertiary/aromatic N) is 1. The Bertz CT molecular complexity index is 869. The third kappa shape index (κ3) is 4.50. The number of aryl methyl sites for hydroxylation is 1. The fraction of sp³-hybridized carbons (Fsp3) is 0.263. The van der Waals surface area contributed by atoms with E-state index >= 15 is 0 Å². The molecule has 25 heavy (non-hydrogen) atoms. The summed E-state index contributed by atoms with van der Waals surface area (Å²) in [5.74, 6) is 0.674. The van der Waals surface area contributed by atoms with Crippen molar-refractivity contribution in [1.82, 2.24) is 9.97 Å². The minimum Gasteiger partial charge on any atom is -0.491 e. The van der Waals surface area contributed by atoms with Gasteiger partial charge in [0.05, 0.1) is 17.1 Å². The molecule has 0 aliphatic heterocycles. The molecule has 0 bridgehead atoms. The van der Waals surface area contributed by atoms with Crippen LogP contribution in [0.25, 0.3) is 11.0 Å². The monoisotopic (exact) mass is 339 g/mol. The topological polar surface area (TPSA) is 87.2 Å². The lowest BCUT2D eigenvalue weighted by atomic mass is 10.1. The number of carboxylic acids is 1. The van der Waals surface area contributed by atoms with E-state index in [0.717, 1.165) is 28.0 Å². The maximum atomic E-state index is 10.7. The summed E-state index contributed by atoms with van der Waals surface area (Å²) < 4.78 is 5.63. The number of anilines is 2. The van der Waals surface area contributed by atoms with E-state index in [1.165, 1.54) is 0 Å². The van der Waals surface area contributed by atoms with Crippen LogP contribution in [-0.2, 0) is 11.2 Å². The summed E-state index contributed by atoms with van der Waals surface area (Å²) in [6.07, 6.45) is 0.768. The van der Waals surface area contributed by atoms with Gasteiger partial charge in [-0.25, -0.2) is 4.98 Å². The predicted octanol–water partition coefficient (Wildman–Crippen LogP) is 4.11. The number of hydrogen-bond acceptors (Lipinski definition) is 4. The van der Waals surface area contributed by atoms with Crippen LogP contribution in [0.15, 0.2) is 42.5 Å². The molecule has 0 spiro atoms. The van der Waals surface area contributed by atoms with E-state index in [2.05, 4.69) is 15.3 Å². The lowest BCUT2D eigenvalue weighted by Crippen LogP contribution is -2.05. The molecule has 1 heterocycles. The predicted molar refractivity (Wildman–Crippen MR) is 97.5 cm³/mol. The summed E-state index contributed by atoms with van der Waals surface area (Å²) >= 11 is 0. The number of aromatic amines is 1. The number of aliphatic carboxylic acids is 1. The van der Waals surface area contributed by atoms with E-state index < -0.39 is 5.97 Å². The maximum Gasteiger partial charge on any atom is 0.303 e. The largest absolute Gasteiger partial charge is 0.491 e. The van der Waals surface area contributed by atoms with Gasteiger partial charge in [-0.3, -0.25) is 4.79 Å². The van der Waals surface area contributed by atoms with Crippen molar-refractivity contribution in [2.75, 3.05) is 5.32 Å².